The summed E-state index contributed by atoms with van der Waals surface area (Å²) in [5.41, 5.74) is 1.79. The zero-order valence-electron chi connectivity index (χ0n) is 7.36. The molecule has 0 amide bonds. The zero-order chi connectivity index (χ0) is 10.3. The fourth-order valence-electron chi connectivity index (χ4n) is 1.29. The molecule has 0 aliphatic carbocycles. The Hall–Kier alpha value is -1.36. The number of rotatable bonds is 1. The molecule has 0 saturated heterocycles. The summed E-state index contributed by atoms with van der Waals surface area (Å²) in [4.78, 5) is 10.9. The van der Waals surface area contributed by atoms with E-state index in [1.54, 1.807) is 10.7 Å². The minimum absolute atomic E-state index is 0.209. The van der Waals surface area contributed by atoms with Gasteiger partial charge in [0, 0.05) is 10.7 Å². The van der Waals surface area contributed by atoms with Gasteiger partial charge >= 0.3 is 5.97 Å². The third-order valence-corrected chi connectivity index (χ3v) is 3.05. The summed E-state index contributed by atoms with van der Waals surface area (Å²) in [7, 11) is 0. The highest BCUT2D eigenvalue weighted by Gasteiger charge is 2.14. The predicted octanol–water partition coefficient (Wildman–Crippen LogP) is 2.10. The van der Waals surface area contributed by atoms with Gasteiger partial charge in [0.1, 0.15) is 5.56 Å². The summed E-state index contributed by atoms with van der Waals surface area (Å²) in [5.74, 6) is -0.966. The number of carboxylic acid groups (broad SMARTS) is 1. The minimum Gasteiger partial charge on any atom is -0.478 e. The number of fused-ring (bicyclic) bond motifs is 1. The second-order valence-corrected chi connectivity index (χ2v) is 3.76. The molecule has 0 atom stereocenters. The van der Waals surface area contributed by atoms with E-state index in [9.17, 15) is 4.79 Å². The van der Waals surface area contributed by atoms with Gasteiger partial charge < -0.3 is 5.11 Å². The number of hydrogen-bond acceptors (Lipinski definition) is 2. The van der Waals surface area contributed by atoms with Crippen molar-refractivity contribution in [2.45, 2.75) is 6.92 Å². The number of carboxylic acids is 1. The molecule has 72 valence electrons. The van der Waals surface area contributed by atoms with Crippen LogP contribution in [0.2, 0.25) is 0 Å². The molecule has 5 heteroatoms. The summed E-state index contributed by atoms with van der Waals surface area (Å²) < 4.78 is 2.32. The lowest BCUT2D eigenvalue weighted by Gasteiger charge is -2.01. The minimum atomic E-state index is -0.966. The van der Waals surface area contributed by atoms with E-state index in [0.29, 0.717) is 5.52 Å². The number of aromatic nitrogens is 2. The lowest BCUT2D eigenvalue weighted by Crippen LogP contribution is -1.96. The topological polar surface area (TPSA) is 54.6 Å². The van der Waals surface area contributed by atoms with Crippen molar-refractivity contribution in [3.8, 4) is 0 Å². The number of pyridine rings is 1. The van der Waals surface area contributed by atoms with Crippen LogP contribution in [0.1, 0.15) is 15.9 Å². The number of aromatic carboxylic acids is 1. The van der Waals surface area contributed by atoms with Gasteiger partial charge in [0.15, 0.2) is 0 Å². The summed E-state index contributed by atoms with van der Waals surface area (Å²) in [5, 5.41) is 12.9. The van der Waals surface area contributed by atoms with Crippen molar-refractivity contribution in [1.29, 1.82) is 0 Å². The normalized spacial score (nSPS) is 10.7. The van der Waals surface area contributed by atoms with Crippen molar-refractivity contribution < 1.29 is 9.90 Å². The van der Waals surface area contributed by atoms with Crippen LogP contribution < -0.4 is 0 Å². The average molecular weight is 255 g/mol. The van der Waals surface area contributed by atoms with Crippen LogP contribution in [0.4, 0.5) is 0 Å². The lowest BCUT2D eigenvalue weighted by atomic mass is 10.2. The van der Waals surface area contributed by atoms with Crippen LogP contribution in [0.15, 0.2) is 22.9 Å². The maximum atomic E-state index is 10.9. The molecule has 0 bridgehead atoms. The Balaban J connectivity index is 2.89. The van der Waals surface area contributed by atoms with E-state index in [1.807, 2.05) is 13.0 Å². The predicted molar refractivity (Wildman–Crippen MR) is 54.6 cm³/mol. The summed E-state index contributed by atoms with van der Waals surface area (Å²) >= 11 is 3.35. The SMILES string of the molecule is Cc1ccn2ncc(C(=O)O)c2c1Br. The maximum absolute atomic E-state index is 10.9. The Morgan fingerprint density at radius 1 is 1.64 bits per heavy atom. The van der Waals surface area contributed by atoms with Crippen LogP contribution >= 0.6 is 15.9 Å². The van der Waals surface area contributed by atoms with E-state index in [0.717, 1.165) is 10.0 Å². The third kappa shape index (κ3) is 1.21. The van der Waals surface area contributed by atoms with Gasteiger partial charge in [-0.25, -0.2) is 9.31 Å². The Kier molecular flexibility index (Phi) is 2.03. The largest absolute Gasteiger partial charge is 0.478 e. The van der Waals surface area contributed by atoms with Crippen LogP contribution in [-0.2, 0) is 0 Å². The van der Waals surface area contributed by atoms with Gasteiger partial charge in [-0.1, -0.05) is 0 Å². The van der Waals surface area contributed by atoms with Gasteiger partial charge in [0.2, 0.25) is 0 Å². The Bertz CT molecular complexity index is 519. The van der Waals surface area contributed by atoms with Crippen molar-refractivity contribution in [2.75, 3.05) is 0 Å². The molecule has 0 aromatic carbocycles. The Morgan fingerprint density at radius 3 is 3.00 bits per heavy atom. The van der Waals surface area contributed by atoms with Gasteiger partial charge in [0.05, 0.1) is 11.7 Å². The standard InChI is InChI=1S/C9H7BrN2O2/c1-5-2-3-12-8(7(5)10)6(4-11-12)9(13)14/h2-4H,1H3,(H,13,14). The van der Waals surface area contributed by atoms with E-state index in [1.165, 1.54) is 6.20 Å². The number of hydrogen-bond donors (Lipinski definition) is 1. The molecule has 0 saturated carbocycles. The molecule has 0 unspecified atom stereocenters. The molecular weight excluding hydrogens is 248 g/mol. The molecule has 0 radical (unpaired) electrons. The fraction of sp³-hybridized carbons (Fsp3) is 0.111. The molecule has 2 aromatic rings. The highest BCUT2D eigenvalue weighted by atomic mass is 79.9. The van der Waals surface area contributed by atoms with E-state index in [2.05, 4.69) is 21.0 Å². The first kappa shape index (κ1) is 9.21. The molecule has 1 N–H and O–H groups in total. The van der Waals surface area contributed by atoms with Gasteiger partial charge in [-0.15, -0.1) is 0 Å². The van der Waals surface area contributed by atoms with Crippen molar-refractivity contribution in [1.82, 2.24) is 9.61 Å². The maximum Gasteiger partial charge on any atom is 0.339 e. The molecule has 0 aliphatic heterocycles. The summed E-state index contributed by atoms with van der Waals surface area (Å²) in [6.45, 7) is 1.91. The number of nitrogens with zero attached hydrogens (tertiary/aromatic N) is 2. The van der Waals surface area contributed by atoms with E-state index >= 15 is 0 Å². The molecule has 0 spiro atoms. The molecule has 14 heavy (non-hydrogen) atoms. The molecule has 4 nitrogen and oxygen atoms in total. The lowest BCUT2D eigenvalue weighted by molar-refractivity contribution is 0.0699. The van der Waals surface area contributed by atoms with Crippen LogP contribution in [-0.4, -0.2) is 20.7 Å². The van der Waals surface area contributed by atoms with Crippen molar-refractivity contribution in [3.63, 3.8) is 0 Å². The van der Waals surface area contributed by atoms with Gasteiger partial charge in [-0.3, -0.25) is 0 Å². The van der Waals surface area contributed by atoms with E-state index < -0.39 is 5.97 Å². The summed E-state index contributed by atoms with van der Waals surface area (Å²) in [6.07, 6.45) is 3.09. The quantitative estimate of drug-likeness (QED) is 0.848. The Labute approximate surface area is 88.3 Å². The third-order valence-electron chi connectivity index (χ3n) is 2.05. The second-order valence-electron chi connectivity index (χ2n) is 2.97. The van der Waals surface area contributed by atoms with Crippen LogP contribution in [0.5, 0.6) is 0 Å². The highest BCUT2D eigenvalue weighted by molar-refractivity contribution is 9.10. The van der Waals surface area contributed by atoms with E-state index in [-0.39, 0.29) is 5.56 Å². The van der Waals surface area contributed by atoms with E-state index in [4.69, 9.17) is 5.11 Å². The van der Waals surface area contributed by atoms with Crippen molar-refractivity contribution in [3.05, 3.63) is 34.1 Å². The fourth-order valence-corrected chi connectivity index (χ4v) is 1.82. The first-order valence-corrected chi connectivity index (χ1v) is 4.76. The number of aryl methyl sites for hydroxylation is 1. The zero-order valence-corrected chi connectivity index (χ0v) is 8.95. The monoisotopic (exact) mass is 254 g/mol. The van der Waals surface area contributed by atoms with Crippen molar-refractivity contribution >= 4 is 27.4 Å². The summed E-state index contributed by atoms with van der Waals surface area (Å²) in [6, 6.07) is 1.87. The van der Waals surface area contributed by atoms with Gasteiger partial charge in [0.25, 0.3) is 0 Å². The molecule has 0 fully saturated rings. The van der Waals surface area contributed by atoms with Gasteiger partial charge in [-0.2, -0.15) is 5.10 Å². The second kappa shape index (κ2) is 3.09. The average Bonchev–Trinajstić information content (AvgIpc) is 2.55. The molecule has 2 rings (SSSR count). The molecular formula is C9H7BrN2O2. The van der Waals surface area contributed by atoms with Crippen LogP contribution in [0.3, 0.4) is 0 Å². The smallest absolute Gasteiger partial charge is 0.339 e. The van der Waals surface area contributed by atoms with Crippen molar-refractivity contribution in [2.24, 2.45) is 0 Å². The number of halogens is 1. The highest BCUT2D eigenvalue weighted by Crippen LogP contribution is 2.24. The first-order valence-electron chi connectivity index (χ1n) is 3.97. The first-order chi connectivity index (χ1) is 6.61. The van der Waals surface area contributed by atoms with Crippen LogP contribution in [0, 0.1) is 6.92 Å². The van der Waals surface area contributed by atoms with Gasteiger partial charge in [-0.05, 0) is 34.5 Å². The molecule has 2 aromatic heterocycles. The van der Waals surface area contributed by atoms with Crippen LogP contribution in [0.25, 0.3) is 5.52 Å². The molecule has 2 heterocycles. The molecule has 0 aliphatic rings. The number of carbonyl (C=O) groups is 1. The Morgan fingerprint density at radius 2 is 2.36 bits per heavy atom.